The van der Waals surface area contributed by atoms with Crippen molar-refractivity contribution in [3.63, 3.8) is 0 Å². The van der Waals surface area contributed by atoms with Gasteiger partial charge in [-0.3, -0.25) is 4.79 Å². The summed E-state index contributed by atoms with van der Waals surface area (Å²) in [6.07, 6.45) is 2.04. The Hall–Kier alpha value is -2.49. The number of nitrogens with one attached hydrogen (secondary N) is 1. The molecule has 0 aromatic heterocycles. The van der Waals surface area contributed by atoms with E-state index >= 15 is 0 Å². The molecule has 0 spiro atoms. The lowest BCUT2D eigenvalue weighted by Gasteiger charge is -2.37. The van der Waals surface area contributed by atoms with E-state index in [1.54, 1.807) is 18.2 Å². The highest BCUT2D eigenvalue weighted by Crippen LogP contribution is 2.35. The first kappa shape index (κ1) is 18.9. The van der Waals surface area contributed by atoms with Crippen LogP contribution in [0.1, 0.15) is 23.6 Å². The van der Waals surface area contributed by atoms with Gasteiger partial charge in [-0.05, 0) is 48.2 Å². The maximum Gasteiger partial charge on any atom is 0.251 e. The number of hydrogen-bond acceptors (Lipinski definition) is 2. The summed E-state index contributed by atoms with van der Waals surface area (Å²) in [7, 11) is 0. The smallest absolute Gasteiger partial charge is 0.251 e. The average Bonchev–Trinajstić information content (AvgIpc) is 2.68. The molecule has 0 unspecified atom stereocenters. The zero-order valence-corrected chi connectivity index (χ0v) is 16.8. The molecular formula is C23H20Cl2N2O. The molecule has 1 atom stereocenters. The highest BCUT2D eigenvalue weighted by Gasteiger charge is 2.31. The molecule has 0 radical (unpaired) electrons. The maximum absolute atomic E-state index is 13.4. The molecule has 1 aliphatic heterocycles. The first-order valence-corrected chi connectivity index (χ1v) is 10.0. The Kier molecular flexibility index (Phi) is 5.56. The normalized spacial score (nSPS) is 14.3. The van der Waals surface area contributed by atoms with Gasteiger partial charge in [0.2, 0.25) is 0 Å². The molecule has 142 valence electrons. The minimum absolute atomic E-state index is 0.110. The zero-order valence-electron chi connectivity index (χ0n) is 15.2. The van der Waals surface area contributed by atoms with E-state index in [1.807, 2.05) is 42.5 Å². The van der Waals surface area contributed by atoms with Crippen LogP contribution in [0.4, 0.5) is 11.4 Å². The number of hydrogen-bond donors (Lipinski definition) is 1. The summed E-state index contributed by atoms with van der Waals surface area (Å²) in [6.45, 7) is 0.820. The van der Waals surface area contributed by atoms with E-state index in [4.69, 9.17) is 23.2 Å². The molecule has 0 fully saturated rings. The van der Waals surface area contributed by atoms with Gasteiger partial charge < -0.3 is 10.2 Å². The van der Waals surface area contributed by atoms with Crippen LogP contribution in [0.3, 0.4) is 0 Å². The quantitative estimate of drug-likeness (QED) is 0.561. The van der Waals surface area contributed by atoms with E-state index in [9.17, 15) is 4.79 Å². The van der Waals surface area contributed by atoms with E-state index in [1.165, 1.54) is 5.56 Å². The monoisotopic (exact) mass is 410 g/mol. The Balaban J connectivity index is 1.72. The molecule has 1 aliphatic rings. The van der Waals surface area contributed by atoms with Gasteiger partial charge in [-0.1, -0.05) is 71.7 Å². The van der Waals surface area contributed by atoms with Crippen molar-refractivity contribution in [3.05, 3.63) is 94.0 Å². The largest absolute Gasteiger partial charge is 0.356 e. The molecule has 5 heteroatoms. The first-order chi connectivity index (χ1) is 13.6. The van der Waals surface area contributed by atoms with E-state index in [0.29, 0.717) is 15.7 Å². The van der Waals surface area contributed by atoms with Gasteiger partial charge in [0.05, 0.1) is 0 Å². The molecule has 0 saturated heterocycles. The van der Waals surface area contributed by atoms with E-state index in [2.05, 4.69) is 22.3 Å². The average molecular weight is 411 g/mol. The van der Waals surface area contributed by atoms with Crippen LogP contribution in [0, 0.1) is 0 Å². The van der Waals surface area contributed by atoms with Gasteiger partial charge in [-0.2, -0.15) is 0 Å². The number of anilines is 2. The lowest BCUT2D eigenvalue weighted by Crippen LogP contribution is -2.40. The van der Waals surface area contributed by atoms with Crippen LogP contribution < -0.4 is 10.2 Å². The van der Waals surface area contributed by atoms with Gasteiger partial charge in [0.15, 0.2) is 0 Å². The number of halogens is 2. The number of fused-ring (bicyclic) bond motifs is 1. The number of para-hydroxylation sites is 1. The van der Waals surface area contributed by atoms with Crippen molar-refractivity contribution in [2.75, 3.05) is 16.8 Å². The number of benzene rings is 3. The molecule has 0 bridgehead atoms. The van der Waals surface area contributed by atoms with Crippen molar-refractivity contribution < 1.29 is 4.79 Å². The highest BCUT2D eigenvalue weighted by molar-refractivity contribution is 6.35. The second kappa shape index (κ2) is 8.26. The lowest BCUT2D eigenvalue weighted by molar-refractivity contribution is -0.117. The Bertz CT molecular complexity index is 971. The Morgan fingerprint density at radius 2 is 1.61 bits per heavy atom. The van der Waals surface area contributed by atoms with Crippen LogP contribution in [0.15, 0.2) is 72.8 Å². The van der Waals surface area contributed by atoms with Crippen LogP contribution in [-0.2, 0) is 11.2 Å². The van der Waals surface area contributed by atoms with Crippen molar-refractivity contribution in [1.29, 1.82) is 0 Å². The van der Waals surface area contributed by atoms with Gasteiger partial charge in [-0.25, -0.2) is 0 Å². The van der Waals surface area contributed by atoms with Gasteiger partial charge >= 0.3 is 0 Å². The Morgan fingerprint density at radius 3 is 2.36 bits per heavy atom. The molecule has 3 aromatic carbocycles. The molecule has 1 heterocycles. The van der Waals surface area contributed by atoms with Crippen LogP contribution in [-0.4, -0.2) is 12.5 Å². The fourth-order valence-electron chi connectivity index (χ4n) is 3.78. The van der Waals surface area contributed by atoms with Crippen molar-refractivity contribution >= 4 is 40.5 Å². The highest BCUT2D eigenvalue weighted by atomic mass is 35.5. The third-order valence-corrected chi connectivity index (χ3v) is 5.39. The molecule has 0 saturated carbocycles. The fourth-order valence-corrected chi connectivity index (χ4v) is 4.30. The van der Waals surface area contributed by atoms with Crippen molar-refractivity contribution in [2.24, 2.45) is 0 Å². The molecule has 3 aromatic rings. The third kappa shape index (κ3) is 4.01. The predicted molar refractivity (Wildman–Crippen MR) is 116 cm³/mol. The van der Waals surface area contributed by atoms with Crippen molar-refractivity contribution in [1.82, 2.24) is 0 Å². The van der Waals surface area contributed by atoms with Crippen LogP contribution in [0.5, 0.6) is 0 Å². The standard InChI is InChI=1S/C23H20Cl2N2O/c24-18-13-19(25)15-20(14-18)26-23(28)22(17-8-2-1-3-9-17)27-12-6-10-16-7-4-5-11-21(16)27/h1-5,7-9,11,13-15,22H,6,10,12H2,(H,26,28)/t22-/m1/s1. The number of rotatable bonds is 4. The number of amides is 1. The van der Waals surface area contributed by atoms with E-state index in [-0.39, 0.29) is 5.91 Å². The minimum Gasteiger partial charge on any atom is -0.356 e. The van der Waals surface area contributed by atoms with Crippen molar-refractivity contribution in [2.45, 2.75) is 18.9 Å². The number of aryl methyl sites for hydroxylation is 1. The van der Waals surface area contributed by atoms with Gasteiger partial charge in [0.25, 0.3) is 5.91 Å². The Morgan fingerprint density at radius 1 is 0.929 bits per heavy atom. The van der Waals surface area contributed by atoms with Gasteiger partial charge in [-0.15, -0.1) is 0 Å². The molecule has 0 aliphatic carbocycles. The molecule has 3 nitrogen and oxygen atoms in total. The fraction of sp³-hybridized carbons (Fsp3) is 0.174. The topological polar surface area (TPSA) is 32.3 Å². The lowest BCUT2D eigenvalue weighted by atomic mass is 9.96. The maximum atomic E-state index is 13.4. The summed E-state index contributed by atoms with van der Waals surface area (Å²) in [6, 6.07) is 22.8. The summed E-state index contributed by atoms with van der Waals surface area (Å²) in [5.41, 5.74) is 3.92. The number of nitrogens with zero attached hydrogens (tertiary/aromatic N) is 1. The van der Waals surface area contributed by atoms with E-state index in [0.717, 1.165) is 30.6 Å². The molecule has 28 heavy (non-hydrogen) atoms. The second-order valence-electron chi connectivity index (χ2n) is 6.89. The molecular weight excluding hydrogens is 391 g/mol. The van der Waals surface area contributed by atoms with Crippen LogP contribution in [0.2, 0.25) is 10.0 Å². The number of carbonyl (C=O) groups is 1. The van der Waals surface area contributed by atoms with E-state index < -0.39 is 6.04 Å². The molecule has 1 amide bonds. The first-order valence-electron chi connectivity index (χ1n) is 9.28. The summed E-state index contributed by atoms with van der Waals surface area (Å²) >= 11 is 12.2. The van der Waals surface area contributed by atoms with Crippen LogP contribution >= 0.6 is 23.2 Å². The zero-order chi connectivity index (χ0) is 19.5. The molecule has 4 rings (SSSR count). The summed E-state index contributed by atoms with van der Waals surface area (Å²) in [4.78, 5) is 15.6. The van der Waals surface area contributed by atoms with Gasteiger partial charge in [0.1, 0.15) is 6.04 Å². The van der Waals surface area contributed by atoms with Crippen LogP contribution in [0.25, 0.3) is 0 Å². The SMILES string of the molecule is O=C(Nc1cc(Cl)cc(Cl)c1)[C@@H](c1ccccc1)N1CCCc2ccccc21. The Labute approximate surface area is 174 Å². The summed E-state index contributed by atoms with van der Waals surface area (Å²) in [5.74, 6) is -0.110. The van der Waals surface area contributed by atoms with Crippen molar-refractivity contribution in [3.8, 4) is 0 Å². The predicted octanol–water partition coefficient (Wildman–Crippen LogP) is 6.13. The summed E-state index contributed by atoms with van der Waals surface area (Å²) in [5, 5.41) is 3.98. The molecule has 1 N–H and O–H groups in total. The summed E-state index contributed by atoms with van der Waals surface area (Å²) < 4.78 is 0. The second-order valence-corrected chi connectivity index (χ2v) is 7.76. The van der Waals surface area contributed by atoms with Gasteiger partial charge in [0, 0.05) is 28.0 Å². The number of carbonyl (C=O) groups excluding carboxylic acids is 1. The third-order valence-electron chi connectivity index (χ3n) is 4.95. The minimum atomic E-state index is -0.444.